The lowest BCUT2D eigenvalue weighted by atomic mass is 9.99. The minimum atomic E-state index is -4.42. The molecule has 24 nitrogen and oxygen atoms in total. The van der Waals surface area contributed by atoms with Crippen LogP contribution in [0.3, 0.4) is 0 Å². The standard InChI is InChI=1S/C58H86N9O15PS2/c1-34(2)46(53(75)63-42(33-45(59)69)51(73)65-47(35(3)4)54(76)67-26-15-19-43(67)48(60)70)64-50(72)41(61-49(71)40(31-37-17-13-12-14-18-37)62-52(74)44-20-16-25-66(44)36(5)68)32-38-21-23-39(24-22-38)82-83(79,80-27-29-84-55(77)57(6,7)8)81-28-30-85-56(78)58(9,10)11/h12-14,17-18,21-24,34-35,40-44,46-47H,15-16,19-20,25-33H2,1-11H3,(H2,59,69)(H2,60,70)(H,61,71)(H,62,74)(H,63,75)(H,64,72)(H,65,73)/t40-,41-,42-,43-,44-,46-,47-/m0/s1. The molecule has 470 valence electrons. The normalized spacial score (nSPS) is 17.2. The van der Waals surface area contributed by atoms with Crippen LogP contribution in [0.15, 0.2) is 54.6 Å². The van der Waals surface area contributed by atoms with Gasteiger partial charge in [0.15, 0.2) is 10.2 Å². The number of carbonyl (C=O) groups is 11. The number of phosphoric acid groups is 1. The molecule has 85 heavy (non-hydrogen) atoms. The van der Waals surface area contributed by atoms with E-state index in [0.29, 0.717) is 43.4 Å². The van der Waals surface area contributed by atoms with E-state index in [2.05, 4.69) is 26.6 Å². The van der Waals surface area contributed by atoms with Crippen molar-refractivity contribution in [2.45, 2.75) is 163 Å². The van der Waals surface area contributed by atoms with Gasteiger partial charge in [0.05, 0.1) is 19.6 Å². The fourth-order valence-corrected chi connectivity index (χ4v) is 12.1. The summed E-state index contributed by atoms with van der Waals surface area (Å²) in [4.78, 5) is 151. The number of hydrogen-bond donors (Lipinski definition) is 7. The predicted octanol–water partition coefficient (Wildman–Crippen LogP) is 3.70. The van der Waals surface area contributed by atoms with Crippen LogP contribution in [0.4, 0.5) is 0 Å². The number of nitrogens with one attached hydrogen (secondary N) is 5. The lowest BCUT2D eigenvalue weighted by molar-refractivity contribution is -0.142. The second-order valence-corrected chi connectivity index (χ2v) is 27.5. The Hall–Kier alpha value is -6.34. The van der Waals surface area contributed by atoms with Gasteiger partial charge in [0, 0.05) is 55.2 Å². The summed E-state index contributed by atoms with van der Waals surface area (Å²) >= 11 is 1.98. The Morgan fingerprint density at radius 2 is 1.06 bits per heavy atom. The van der Waals surface area contributed by atoms with Crippen molar-refractivity contribution < 1.29 is 70.9 Å². The molecule has 0 aromatic heterocycles. The van der Waals surface area contributed by atoms with Crippen LogP contribution in [0, 0.1) is 22.7 Å². The Morgan fingerprint density at radius 3 is 1.55 bits per heavy atom. The smallest absolute Gasteiger partial charge is 0.404 e. The van der Waals surface area contributed by atoms with E-state index in [-0.39, 0.29) is 66.0 Å². The third-order valence-corrected chi connectivity index (χ3v) is 17.7. The molecule has 0 unspecified atom stereocenters. The van der Waals surface area contributed by atoms with Crippen molar-refractivity contribution in [2.75, 3.05) is 37.8 Å². The van der Waals surface area contributed by atoms with Crippen molar-refractivity contribution >= 4 is 94.7 Å². The molecule has 0 bridgehead atoms. The first-order valence-corrected chi connectivity index (χ1v) is 31.9. The van der Waals surface area contributed by atoms with Gasteiger partial charge < -0.3 is 52.4 Å². The third-order valence-electron chi connectivity index (χ3n) is 13.8. The van der Waals surface area contributed by atoms with Gasteiger partial charge in [-0.15, -0.1) is 0 Å². The van der Waals surface area contributed by atoms with Crippen LogP contribution in [-0.2, 0) is 79.2 Å². The van der Waals surface area contributed by atoms with Crippen molar-refractivity contribution in [3.63, 3.8) is 0 Å². The maximum Gasteiger partial charge on any atom is 0.530 e. The summed E-state index contributed by atoms with van der Waals surface area (Å²) in [7, 11) is -4.42. The van der Waals surface area contributed by atoms with Gasteiger partial charge in [-0.1, -0.05) is 135 Å². The van der Waals surface area contributed by atoms with Crippen molar-refractivity contribution in [3.8, 4) is 5.75 Å². The number of benzene rings is 2. The molecule has 0 spiro atoms. The molecule has 2 aliphatic heterocycles. The van der Waals surface area contributed by atoms with Crippen molar-refractivity contribution in [1.29, 1.82) is 0 Å². The highest BCUT2D eigenvalue weighted by atomic mass is 32.2. The largest absolute Gasteiger partial charge is 0.530 e. The number of phosphoric ester groups is 1. The summed E-state index contributed by atoms with van der Waals surface area (Å²) in [6, 6.07) is 5.74. The molecule has 9 N–H and O–H groups in total. The first kappa shape index (κ1) is 71.1. The second kappa shape index (κ2) is 32.4. The molecule has 2 aromatic carbocycles. The fraction of sp³-hybridized carbons (Fsp3) is 0.603. The Labute approximate surface area is 506 Å². The van der Waals surface area contributed by atoms with E-state index < -0.39 is 126 Å². The summed E-state index contributed by atoms with van der Waals surface area (Å²) in [5, 5.41) is 13.1. The van der Waals surface area contributed by atoms with Gasteiger partial charge in [0.1, 0.15) is 48.0 Å². The van der Waals surface area contributed by atoms with Crippen molar-refractivity contribution in [2.24, 2.45) is 34.1 Å². The summed E-state index contributed by atoms with van der Waals surface area (Å²) in [5.74, 6) is -7.80. The summed E-state index contributed by atoms with van der Waals surface area (Å²) in [6.45, 7) is 18.6. The summed E-state index contributed by atoms with van der Waals surface area (Å²) in [5.41, 5.74) is 10.9. The zero-order valence-electron chi connectivity index (χ0n) is 50.5. The molecule has 2 aliphatic rings. The Balaban J connectivity index is 1.67. The minimum Gasteiger partial charge on any atom is -0.404 e. The van der Waals surface area contributed by atoms with Gasteiger partial charge in [-0.05, 0) is 60.8 Å². The van der Waals surface area contributed by atoms with Crippen molar-refractivity contribution in [3.05, 3.63) is 65.7 Å². The van der Waals surface area contributed by atoms with E-state index in [1.54, 1.807) is 99.6 Å². The van der Waals surface area contributed by atoms with E-state index in [4.69, 9.17) is 25.0 Å². The molecule has 2 heterocycles. The second-order valence-electron chi connectivity index (χ2n) is 23.8. The zero-order valence-corrected chi connectivity index (χ0v) is 53.0. The quantitative estimate of drug-likeness (QED) is 0.0433. The Bertz CT molecular complexity index is 2720. The molecule has 2 saturated heterocycles. The van der Waals surface area contributed by atoms with Crippen LogP contribution in [0.25, 0.3) is 0 Å². The van der Waals surface area contributed by atoms with Gasteiger partial charge >= 0.3 is 7.82 Å². The average molecular weight is 1240 g/mol. The molecule has 2 fully saturated rings. The minimum absolute atomic E-state index is 0.00723. The number of amides is 9. The SMILES string of the molecule is CC(=O)N1CCC[C@H]1C(=O)N[C@@H](Cc1ccccc1)C(=O)N[C@@H](Cc1ccc(OP(=O)(OCCSC(=O)C(C)(C)C)OCCSC(=O)C(C)(C)C)cc1)C(=O)N[C@H](C(=O)N[C@@H](CC(N)=O)C(=O)N[C@H](C(=O)N1CCC[C@H]1C(N)=O)C(C)C)C(C)C. The number of nitrogens with zero attached hydrogens (tertiary/aromatic N) is 2. The van der Waals surface area contributed by atoms with E-state index >= 15 is 0 Å². The lowest BCUT2D eigenvalue weighted by Crippen LogP contribution is -2.62. The van der Waals surface area contributed by atoms with Gasteiger partial charge in [-0.3, -0.25) is 61.8 Å². The fourth-order valence-electron chi connectivity index (χ4n) is 9.10. The summed E-state index contributed by atoms with van der Waals surface area (Å²) in [6.07, 6.45) is 0.719. The number of rotatable bonds is 30. The maximum atomic E-state index is 14.8. The molecule has 0 radical (unpaired) electrons. The van der Waals surface area contributed by atoms with Crippen LogP contribution in [0.5, 0.6) is 5.75 Å². The van der Waals surface area contributed by atoms with Gasteiger partial charge in [0.25, 0.3) is 0 Å². The number of nitrogens with two attached hydrogens (primary N) is 2. The highest BCUT2D eigenvalue weighted by Crippen LogP contribution is 2.50. The van der Waals surface area contributed by atoms with E-state index in [0.717, 1.165) is 23.5 Å². The van der Waals surface area contributed by atoms with Gasteiger partial charge in [-0.2, -0.15) is 0 Å². The van der Waals surface area contributed by atoms with Crippen LogP contribution in [0.1, 0.15) is 119 Å². The first-order chi connectivity index (χ1) is 39.7. The highest BCUT2D eigenvalue weighted by molar-refractivity contribution is 8.14. The first-order valence-electron chi connectivity index (χ1n) is 28.4. The third kappa shape index (κ3) is 22.5. The molecule has 9 amide bonds. The lowest BCUT2D eigenvalue weighted by Gasteiger charge is -2.31. The number of thioether (sulfide) groups is 2. The van der Waals surface area contributed by atoms with E-state index in [1.165, 1.54) is 41.0 Å². The molecule has 7 atom stereocenters. The number of likely N-dealkylation sites (tertiary alicyclic amines) is 2. The summed E-state index contributed by atoms with van der Waals surface area (Å²) < 4.78 is 31.4. The molecule has 2 aromatic rings. The molecular weight excluding hydrogens is 1160 g/mol. The molecule has 27 heteroatoms. The molecular formula is C58H86N9O15PS2. The number of hydrogen-bond acceptors (Lipinski definition) is 17. The molecule has 0 saturated carbocycles. The molecule has 0 aliphatic carbocycles. The average Bonchev–Trinajstić information content (AvgIpc) is 4.11. The predicted molar refractivity (Wildman–Crippen MR) is 322 cm³/mol. The van der Waals surface area contributed by atoms with Gasteiger partial charge in [-0.25, -0.2) is 4.57 Å². The maximum absolute atomic E-state index is 14.8. The topological polar surface area (TPSA) is 351 Å². The Kier molecular flexibility index (Phi) is 27.1. The van der Waals surface area contributed by atoms with Crippen LogP contribution < -0.4 is 42.6 Å². The van der Waals surface area contributed by atoms with E-state index in [1.807, 2.05) is 0 Å². The Morgan fingerprint density at radius 1 is 0.600 bits per heavy atom. The highest BCUT2D eigenvalue weighted by Gasteiger charge is 2.41. The monoisotopic (exact) mass is 1240 g/mol. The number of primary amides is 2. The van der Waals surface area contributed by atoms with Crippen molar-refractivity contribution in [1.82, 2.24) is 36.4 Å². The van der Waals surface area contributed by atoms with Crippen LogP contribution in [-0.4, -0.2) is 153 Å². The van der Waals surface area contributed by atoms with Crippen LogP contribution in [0.2, 0.25) is 0 Å². The zero-order chi connectivity index (χ0) is 63.6. The molecule has 4 rings (SSSR count). The number of carbonyl (C=O) groups excluding carboxylic acids is 11. The van der Waals surface area contributed by atoms with Crippen LogP contribution >= 0.6 is 31.3 Å². The van der Waals surface area contributed by atoms with Gasteiger partial charge in [0.2, 0.25) is 53.2 Å². The van der Waals surface area contributed by atoms with E-state index in [9.17, 15) is 57.3 Å².